The van der Waals surface area contributed by atoms with Gasteiger partial charge in [0.05, 0.1) is 72.7 Å². The van der Waals surface area contributed by atoms with Gasteiger partial charge in [-0.2, -0.15) is 27.4 Å². The fraction of sp³-hybridized carbons (Fsp3) is 0.574. The van der Waals surface area contributed by atoms with Gasteiger partial charge in [0, 0.05) is 0 Å². The van der Waals surface area contributed by atoms with Crippen LogP contribution in [-0.2, 0) is 21.7 Å². The minimum Gasteiger partial charge on any atom is -1.00 e. The molecule has 0 radical (unpaired) electrons. The molecule has 0 nitrogen and oxygen atoms in total. The van der Waals surface area contributed by atoms with Gasteiger partial charge >= 0.3 is 21.7 Å². The molecule has 68 heavy (non-hydrogen) atoms. The smallest absolute Gasteiger partial charge is 1.00 e. The molecule has 0 saturated heterocycles. The third kappa shape index (κ3) is 12.9. The molecule has 0 N–H and O–H groups in total. The van der Waals surface area contributed by atoms with E-state index in [9.17, 15) is 0 Å². The molecule has 380 valence electrons. The van der Waals surface area contributed by atoms with E-state index in [1.807, 2.05) is 36.3 Å². The minimum absolute atomic E-state index is 0. The van der Waals surface area contributed by atoms with Crippen molar-refractivity contribution in [3.8, 4) is 0 Å². The molecular weight excluding hydrogens is 1080 g/mol. The predicted octanol–water partition coefficient (Wildman–Crippen LogP) is -0.0671. The van der Waals surface area contributed by atoms with Gasteiger partial charge in [0.2, 0.25) is 0 Å². The maximum absolute atomic E-state index is 3.38. The molecule has 0 heterocycles. The van der Waals surface area contributed by atoms with E-state index in [4.69, 9.17) is 0 Å². The first-order valence-corrected chi connectivity index (χ1v) is 58.5. The molecule has 0 fully saturated rings. The Morgan fingerprint density at radius 1 is 0.279 bits per heavy atom. The van der Waals surface area contributed by atoms with Crippen LogP contribution in [0.25, 0.3) is 0 Å². The number of rotatable bonds is 13. The van der Waals surface area contributed by atoms with E-state index in [2.05, 4.69) is 241 Å². The molecule has 14 heteroatoms. The van der Waals surface area contributed by atoms with Crippen LogP contribution in [0.3, 0.4) is 0 Å². The normalized spacial score (nSPS) is 13.6. The summed E-state index contributed by atoms with van der Waals surface area (Å²) < 4.78 is 0. The van der Waals surface area contributed by atoms with E-state index in [1.165, 1.54) is 0 Å². The van der Waals surface area contributed by atoms with Gasteiger partial charge in [0.25, 0.3) is 0 Å². The van der Waals surface area contributed by atoms with Gasteiger partial charge in [-0.1, -0.05) is 288 Å². The zero-order valence-electron chi connectivity index (χ0n) is 49.6. The molecule has 0 aliphatic heterocycles. The zero-order valence-corrected chi connectivity index (χ0v) is 63.4. The van der Waals surface area contributed by atoms with Crippen molar-refractivity contribution in [1.82, 2.24) is 0 Å². The molecule has 4 aromatic rings. The standard InChI is InChI=1S/C54H99Si10.3ClH.Ti/c1-38-39(2)41(4)48(40(38)3)64(52-45(58(14,15)16)35-32-42(55(5,6)7)49(52)61(23,24)25,53-46(59(17,18)19)36-33-43(56(8,9)10)50(53)62(26,27)28)54-47(60(20,21)22)37-34-44(57(11,12)13)51(54)63(29,30)31;;;;/h32-37H,1-31H3;3*1H;/q-1;;;;+4/p-3. The summed E-state index contributed by atoms with van der Waals surface area (Å²) in [6.07, 6.45) is 0. The Morgan fingerprint density at radius 2 is 0.456 bits per heavy atom. The molecule has 0 aromatic heterocycles. The van der Waals surface area contributed by atoms with Crippen molar-refractivity contribution < 1.29 is 58.9 Å². The average Bonchev–Trinajstić information content (AvgIpc) is 3.25. The Morgan fingerprint density at radius 3 is 0.588 bits per heavy atom. The van der Waals surface area contributed by atoms with Crippen LogP contribution in [0.4, 0.5) is 0 Å². The van der Waals surface area contributed by atoms with Gasteiger partial charge in [-0.25, -0.2) is 0 Å². The third-order valence-corrected chi connectivity index (χ3v) is 40.5. The molecular formula is C54H99Cl3Si10Ti. The van der Waals surface area contributed by atoms with E-state index < -0.39 is 80.7 Å². The molecule has 4 aromatic carbocycles. The fourth-order valence-electron chi connectivity index (χ4n) is 11.6. The Bertz CT molecular complexity index is 2190. The van der Waals surface area contributed by atoms with Gasteiger partial charge in [-0.3, -0.25) is 0 Å². The first-order valence-electron chi connectivity index (χ1n) is 25.0. The molecule has 0 spiro atoms. The monoisotopic (exact) mass is 1180 g/mol. The van der Waals surface area contributed by atoms with E-state index in [-0.39, 0.29) is 58.9 Å². The van der Waals surface area contributed by atoms with Crippen LogP contribution < -0.4 is 105 Å². The molecule has 0 amide bonds. The van der Waals surface area contributed by atoms with Gasteiger partial charge in [-0.05, 0) is 15.6 Å². The van der Waals surface area contributed by atoms with Crippen LogP contribution >= 0.6 is 0 Å². The molecule has 0 unspecified atom stereocenters. The zero-order chi connectivity index (χ0) is 50.1. The summed E-state index contributed by atoms with van der Waals surface area (Å²) in [5.74, 6) is 0. The summed E-state index contributed by atoms with van der Waals surface area (Å²) in [7, 11) is -21.4. The van der Waals surface area contributed by atoms with Crippen molar-refractivity contribution in [3.05, 3.63) is 58.7 Å². The van der Waals surface area contributed by atoms with Gasteiger partial charge in [0.1, 0.15) is 0 Å². The predicted molar refractivity (Wildman–Crippen MR) is 331 cm³/mol. The fourth-order valence-corrected chi connectivity index (χ4v) is 49.3. The number of benzene rings is 3. The van der Waals surface area contributed by atoms with E-state index in [0.717, 1.165) is 0 Å². The second-order valence-electron chi connectivity index (χ2n) is 29.6. The second kappa shape index (κ2) is 21.8. The average molecular weight is 1180 g/mol. The van der Waals surface area contributed by atoms with Gasteiger partial charge in [-0.15, -0.1) is 0 Å². The Labute approximate surface area is 465 Å². The number of halogens is 3. The molecule has 4 rings (SSSR count). The van der Waals surface area contributed by atoms with Crippen molar-refractivity contribution in [2.45, 2.75) is 204 Å². The van der Waals surface area contributed by atoms with Crippen LogP contribution in [0, 0.1) is 27.7 Å². The van der Waals surface area contributed by atoms with Crippen molar-refractivity contribution >= 4 is 148 Å². The maximum Gasteiger partial charge on any atom is 4.00 e. The topological polar surface area (TPSA) is 0 Å². The van der Waals surface area contributed by atoms with Crippen molar-refractivity contribution in [3.63, 3.8) is 0 Å². The summed E-state index contributed by atoms with van der Waals surface area (Å²) in [5, 5.41) is 23.9. The quantitative estimate of drug-likeness (QED) is 0.100. The maximum atomic E-state index is 2.81. The second-order valence-corrected chi connectivity index (χ2v) is 78.3. The van der Waals surface area contributed by atoms with E-state index in [1.54, 1.807) is 53.4 Å². The Kier molecular flexibility index (Phi) is 22.0. The molecule has 0 bridgehead atoms. The van der Waals surface area contributed by atoms with Crippen LogP contribution in [0.1, 0.15) is 22.3 Å². The van der Waals surface area contributed by atoms with Crippen molar-refractivity contribution in [2.75, 3.05) is 0 Å². The minimum atomic E-state index is -3.38. The molecule has 0 aliphatic carbocycles. The molecule has 0 aliphatic rings. The van der Waals surface area contributed by atoms with Crippen molar-refractivity contribution in [1.29, 1.82) is 0 Å². The first kappa shape index (κ1) is 68.8. The van der Waals surface area contributed by atoms with E-state index >= 15 is 0 Å². The molecule has 0 saturated carbocycles. The third-order valence-electron chi connectivity index (χ3n) is 14.7. The van der Waals surface area contributed by atoms with Crippen LogP contribution in [0.15, 0.2) is 36.4 Å². The molecule has 0 atom stereocenters. The first-order chi connectivity index (χ1) is 28.2. The summed E-state index contributed by atoms with van der Waals surface area (Å²) >= 11 is 0. The van der Waals surface area contributed by atoms with Gasteiger partial charge < -0.3 is 37.2 Å². The largest absolute Gasteiger partial charge is 4.00 e. The summed E-state index contributed by atoms with van der Waals surface area (Å²) in [6.45, 7) is 83.8. The summed E-state index contributed by atoms with van der Waals surface area (Å²) in [5.41, 5.74) is 6.33. The van der Waals surface area contributed by atoms with Crippen LogP contribution in [0.2, 0.25) is 177 Å². The van der Waals surface area contributed by atoms with E-state index in [0.29, 0.717) is 0 Å². The van der Waals surface area contributed by atoms with Gasteiger partial charge in [0.15, 0.2) is 8.07 Å². The SMILES string of the molecule is Cc1c(C)c([Si](c2c([Si](C)(C)C)ccc([Si](C)(C)C)c2[Si](C)(C)C)(c2c([Si](C)(C)C)ccc([Si](C)(C)C)c2[Si](C)(C)C)c2c([Si](C)(C)C)ccc([Si](C)(C)C)c2[Si](C)(C)C)[c-](C)c1C.[Cl-].[Cl-].[Cl-].[Ti+4]. The number of hydrogen-bond acceptors (Lipinski definition) is 0. The van der Waals surface area contributed by atoms with Crippen LogP contribution in [-0.4, -0.2) is 80.7 Å². The van der Waals surface area contributed by atoms with Crippen LogP contribution in [0.5, 0.6) is 0 Å². The Balaban J connectivity index is 0.0000112. The Hall–Kier alpha value is 0.763. The summed E-state index contributed by atoms with van der Waals surface area (Å²) in [6, 6.07) is 16.7. The number of hydrogen-bond donors (Lipinski definition) is 0. The van der Waals surface area contributed by atoms with Crippen molar-refractivity contribution in [2.24, 2.45) is 0 Å². The summed E-state index contributed by atoms with van der Waals surface area (Å²) in [4.78, 5) is 0.